The molecule has 0 fully saturated rings. The summed E-state index contributed by atoms with van der Waals surface area (Å²) >= 11 is 2.39. The molecule has 0 aromatic heterocycles. The van der Waals surface area contributed by atoms with Crippen LogP contribution in [0, 0.1) is 17.2 Å². The van der Waals surface area contributed by atoms with Crippen molar-refractivity contribution in [2.45, 2.75) is 23.7 Å². The first kappa shape index (κ1) is 9.97. The van der Waals surface area contributed by atoms with Crippen LogP contribution < -0.4 is 0 Å². The van der Waals surface area contributed by atoms with Crippen molar-refractivity contribution >= 4 is 22.6 Å². The number of rotatable bonds is 1. The van der Waals surface area contributed by atoms with Gasteiger partial charge in [-0.1, -0.05) is 40.8 Å². The van der Waals surface area contributed by atoms with Crippen LogP contribution in [-0.2, 0) is 17.3 Å². The lowest BCUT2D eigenvalue weighted by Crippen LogP contribution is -2.12. The largest absolute Gasteiger partial charge is 0.198 e. The fraction of sp³-hybridized carbons (Fsp3) is 0.417. The van der Waals surface area contributed by atoms with Crippen molar-refractivity contribution in [3.8, 4) is 6.07 Å². The topological polar surface area (TPSA) is 23.8 Å². The Labute approximate surface area is 98.3 Å². The average Bonchev–Trinajstić information content (AvgIpc) is 2.27. The highest BCUT2D eigenvalue weighted by molar-refractivity contribution is 14.1. The van der Waals surface area contributed by atoms with E-state index in [0.29, 0.717) is 0 Å². The van der Waals surface area contributed by atoms with Gasteiger partial charge in [-0.2, -0.15) is 5.26 Å². The first-order valence-corrected chi connectivity index (χ1v) is 6.42. The van der Waals surface area contributed by atoms with E-state index in [1.807, 2.05) is 0 Å². The Balaban J connectivity index is 2.29. The van der Waals surface area contributed by atoms with E-state index in [1.165, 1.54) is 16.7 Å². The summed E-state index contributed by atoms with van der Waals surface area (Å²) in [4.78, 5) is 0. The predicted octanol–water partition coefficient (Wildman–Crippen LogP) is 3.25. The summed E-state index contributed by atoms with van der Waals surface area (Å²) in [7, 11) is 0. The maximum absolute atomic E-state index is 8.87. The van der Waals surface area contributed by atoms with E-state index in [0.717, 1.165) is 23.7 Å². The SMILES string of the molecule is N#C[C@H]1CCc2cc(CI)ccc2C1. The molecule has 2 heteroatoms. The van der Waals surface area contributed by atoms with Crippen molar-refractivity contribution in [1.82, 2.24) is 0 Å². The van der Waals surface area contributed by atoms with Crippen LogP contribution in [0.1, 0.15) is 23.1 Å². The summed E-state index contributed by atoms with van der Waals surface area (Å²) < 4.78 is 1.08. The van der Waals surface area contributed by atoms with Crippen LogP contribution in [0.15, 0.2) is 18.2 Å². The van der Waals surface area contributed by atoms with E-state index in [1.54, 1.807) is 0 Å². The molecule has 0 N–H and O–H groups in total. The molecule has 14 heavy (non-hydrogen) atoms. The van der Waals surface area contributed by atoms with Gasteiger partial charge in [-0.3, -0.25) is 0 Å². The van der Waals surface area contributed by atoms with E-state index in [2.05, 4.69) is 46.9 Å². The minimum atomic E-state index is 0.243. The van der Waals surface area contributed by atoms with E-state index in [4.69, 9.17) is 5.26 Å². The molecule has 0 saturated heterocycles. The molecule has 1 aromatic rings. The minimum absolute atomic E-state index is 0.243. The van der Waals surface area contributed by atoms with Gasteiger partial charge in [0.25, 0.3) is 0 Å². The van der Waals surface area contributed by atoms with Crippen molar-refractivity contribution in [3.63, 3.8) is 0 Å². The molecule has 1 nitrogen and oxygen atoms in total. The predicted molar refractivity (Wildman–Crippen MR) is 65.3 cm³/mol. The quantitative estimate of drug-likeness (QED) is 0.576. The number of alkyl halides is 1. The molecule has 0 heterocycles. The second-order valence-electron chi connectivity index (χ2n) is 3.81. The number of hydrogen-bond donors (Lipinski definition) is 0. The number of benzene rings is 1. The Bertz CT molecular complexity index is 378. The van der Waals surface area contributed by atoms with Crippen LogP contribution in [0.2, 0.25) is 0 Å². The molecule has 1 atom stereocenters. The van der Waals surface area contributed by atoms with Crippen molar-refractivity contribution in [2.75, 3.05) is 0 Å². The number of aryl methyl sites for hydroxylation is 1. The molecule has 2 rings (SSSR count). The highest BCUT2D eigenvalue weighted by atomic mass is 127. The zero-order valence-corrected chi connectivity index (χ0v) is 10.1. The number of halogens is 1. The maximum atomic E-state index is 8.87. The average molecular weight is 297 g/mol. The molecule has 1 aliphatic carbocycles. The first-order chi connectivity index (χ1) is 6.83. The van der Waals surface area contributed by atoms with E-state index in [-0.39, 0.29) is 5.92 Å². The Morgan fingerprint density at radius 3 is 3.00 bits per heavy atom. The van der Waals surface area contributed by atoms with Crippen LogP contribution in [0.5, 0.6) is 0 Å². The van der Waals surface area contributed by atoms with Gasteiger partial charge in [0.15, 0.2) is 0 Å². The van der Waals surface area contributed by atoms with Crippen LogP contribution in [0.25, 0.3) is 0 Å². The zero-order valence-electron chi connectivity index (χ0n) is 7.96. The van der Waals surface area contributed by atoms with Gasteiger partial charge in [0.05, 0.1) is 12.0 Å². The molecule has 0 saturated carbocycles. The lowest BCUT2D eigenvalue weighted by molar-refractivity contribution is 0.564. The number of hydrogen-bond acceptors (Lipinski definition) is 1. The van der Waals surface area contributed by atoms with Crippen molar-refractivity contribution in [1.29, 1.82) is 5.26 Å². The van der Waals surface area contributed by atoms with Gasteiger partial charge in [-0.05, 0) is 36.0 Å². The van der Waals surface area contributed by atoms with E-state index in [9.17, 15) is 0 Å². The first-order valence-electron chi connectivity index (χ1n) is 4.89. The highest BCUT2D eigenvalue weighted by Gasteiger charge is 2.17. The second kappa shape index (κ2) is 4.31. The zero-order chi connectivity index (χ0) is 9.97. The number of fused-ring (bicyclic) bond motifs is 1. The smallest absolute Gasteiger partial charge is 0.0659 e. The monoisotopic (exact) mass is 297 g/mol. The Morgan fingerprint density at radius 1 is 1.43 bits per heavy atom. The normalized spacial score (nSPS) is 19.9. The summed E-state index contributed by atoms with van der Waals surface area (Å²) in [5, 5.41) is 8.87. The van der Waals surface area contributed by atoms with Gasteiger partial charge in [0, 0.05) is 4.43 Å². The number of nitrogens with zero attached hydrogens (tertiary/aromatic N) is 1. The second-order valence-corrected chi connectivity index (χ2v) is 4.57. The van der Waals surface area contributed by atoms with Crippen LogP contribution in [0.4, 0.5) is 0 Å². The van der Waals surface area contributed by atoms with Gasteiger partial charge in [-0.25, -0.2) is 0 Å². The molecule has 0 amide bonds. The molecule has 1 aromatic carbocycles. The molecular formula is C12H12IN. The maximum Gasteiger partial charge on any atom is 0.0659 e. The molecule has 72 valence electrons. The summed E-state index contributed by atoms with van der Waals surface area (Å²) in [6.07, 6.45) is 3.07. The standard InChI is InChI=1S/C12H12IN/c13-7-9-1-3-12-6-10(8-14)2-4-11(12)5-9/h1,3,5,10H,2,4,6-7H2/t10-/m0/s1. The molecule has 0 bridgehead atoms. The van der Waals surface area contributed by atoms with Crippen molar-refractivity contribution in [2.24, 2.45) is 5.92 Å². The third-order valence-electron chi connectivity index (χ3n) is 2.84. The van der Waals surface area contributed by atoms with Gasteiger partial charge in [-0.15, -0.1) is 0 Å². The fourth-order valence-electron chi connectivity index (χ4n) is 2.00. The summed E-state index contributed by atoms with van der Waals surface area (Å²) in [6.45, 7) is 0. The van der Waals surface area contributed by atoms with Crippen LogP contribution >= 0.6 is 22.6 Å². The van der Waals surface area contributed by atoms with Gasteiger partial charge in [0.2, 0.25) is 0 Å². The van der Waals surface area contributed by atoms with Crippen molar-refractivity contribution in [3.05, 3.63) is 34.9 Å². The third-order valence-corrected chi connectivity index (χ3v) is 3.72. The molecule has 1 aliphatic rings. The number of nitriles is 1. The molecule has 0 radical (unpaired) electrons. The Morgan fingerprint density at radius 2 is 2.29 bits per heavy atom. The van der Waals surface area contributed by atoms with Gasteiger partial charge < -0.3 is 0 Å². The Kier molecular flexibility index (Phi) is 3.07. The van der Waals surface area contributed by atoms with Gasteiger partial charge in [0.1, 0.15) is 0 Å². The summed E-state index contributed by atoms with van der Waals surface area (Å²) in [5.74, 6) is 0.243. The molecule has 0 spiro atoms. The van der Waals surface area contributed by atoms with Crippen LogP contribution in [-0.4, -0.2) is 0 Å². The van der Waals surface area contributed by atoms with E-state index >= 15 is 0 Å². The fourth-order valence-corrected chi connectivity index (χ4v) is 2.48. The van der Waals surface area contributed by atoms with Crippen molar-refractivity contribution < 1.29 is 0 Å². The summed E-state index contributed by atoms with van der Waals surface area (Å²) in [6, 6.07) is 9.06. The molecule has 0 unspecified atom stereocenters. The third kappa shape index (κ3) is 1.93. The van der Waals surface area contributed by atoms with E-state index < -0.39 is 0 Å². The molecule has 0 aliphatic heterocycles. The Hall–Kier alpha value is -0.560. The lowest BCUT2D eigenvalue weighted by atomic mass is 9.84. The van der Waals surface area contributed by atoms with Crippen LogP contribution in [0.3, 0.4) is 0 Å². The highest BCUT2D eigenvalue weighted by Crippen LogP contribution is 2.26. The molecular weight excluding hydrogens is 285 g/mol. The van der Waals surface area contributed by atoms with Gasteiger partial charge >= 0.3 is 0 Å². The summed E-state index contributed by atoms with van der Waals surface area (Å²) in [5.41, 5.74) is 4.25. The minimum Gasteiger partial charge on any atom is -0.198 e. The lowest BCUT2D eigenvalue weighted by Gasteiger charge is -2.20.